The molecule has 0 aliphatic rings. The van der Waals surface area contributed by atoms with Gasteiger partial charge in [0.15, 0.2) is 8.24 Å². The number of nitrogens with two attached hydrogens (primary N) is 1. The van der Waals surface area contributed by atoms with Crippen LogP contribution in [0.2, 0.25) is 19.6 Å². The van der Waals surface area contributed by atoms with Crippen LogP contribution >= 0.6 is 0 Å². The Hall–Kier alpha value is -1.18. The fourth-order valence-electron chi connectivity index (χ4n) is 1.83. The average Bonchev–Trinajstić information content (AvgIpc) is 2.13. The molecule has 0 radical (unpaired) electrons. The summed E-state index contributed by atoms with van der Waals surface area (Å²) in [6.45, 7) is 7.64. The maximum absolute atomic E-state index is 11.7. The number of benzene rings is 1. The molecule has 0 heterocycles. The molecule has 2 N–H and O–H groups in total. The first-order chi connectivity index (χ1) is 8.03. The summed E-state index contributed by atoms with van der Waals surface area (Å²) < 4.78 is 24.0. The maximum Gasteiger partial charge on any atom is 0.238 e. The van der Waals surface area contributed by atoms with Gasteiger partial charge in [-0.15, -0.1) is 0 Å². The van der Waals surface area contributed by atoms with Crippen molar-refractivity contribution in [2.24, 2.45) is 5.14 Å². The van der Waals surface area contributed by atoms with Gasteiger partial charge in [-0.05, 0) is 24.3 Å². The van der Waals surface area contributed by atoms with Gasteiger partial charge >= 0.3 is 0 Å². The Balaban J connectivity index is 3.22. The van der Waals surface area contributed by atoms with E-state index in [9.17, 15) is 13.2 Å². The standard InChI is InChI=1S/C11H18N2O3SSi/c1-9(14)13(18(2,3)4)10-5-7-11(8-6-10)17(12,15)16/h5-8H,1-4H3,(H2,12,15,16). The molecule has 18 heavy (non-hydrogen) atoms. The van der Waals surface area contributed by atoms with Crippen LogP contribution in [-0.4, -0.2) is 22.6 Å². The molecular formula is C11H18N2O3SSi. The summed E-state index contributed by atoms with van der Waals surface area (Å²) in [7, 11) is -5.54. The first-order valence-electron chi connectivity index (χ1n) is 5.47. The first-order valence-corrected chi connectivity index (χ1v) is 10.5. The van der Waals surface area contributed by atoms with E-state index in [1.54, 1.807) is 16.7 Å². The second-order valence-electron chi connectivity index (χ2n) is 5.06. The van der Waals surface area contributed by atoms with Gasteiger partial charge in [-0.2, -0.15) is 0 Å². The third kappa shape index (κ3) is 3.41. The smallest absolute Gasteiger partial charge is 0.238 e. The number of rotatable bonds is 3. The van der Waals surface area contributed by atoms with Gasteiger partial charge in [-0.1, -0.05) is 19.6 Å². The molecule has 7 heteroatoms. The second kappa shape index (κ2) is 4.83. The zero-order chi connectivity index (χ0) is 14.1. The number of anilines is 1. The van der Waals surface area contributed by atoms with E-state index >= 15 is 0 Å². The van der Waals surface area contributed by atoms with Crippen molar-refractivity contribution in [2.45, 2.75) is 31.5 Å². The molecule has 0 saturated heterocycles. The number of hydrogen-bond acceptors (Lipinski definition) is 3. The molecule has 0 aromatic heterocycles. The largest absolute Gasteiger partial charge is 0.341 e. The minimum Gasteiger partial charge on any atom is -0.341 e. The number of hydrogen-bond donors (Lipinski definition) is 1. The van der Waals surface area contributed by atoms with Gasteiger partial charge in [0.25, 0.3) is 0 Å². The third-order valence-corrected chi connectivity index (χ3v) is 5.25. The summed E-state index contributed by atoms with van der Waals surface area (Å²) in [4.78, 5) is 11.7. The van der Waals surface area contributed by atoms with Crippen LogP contribution in [0, 0.1) is 0 Å². The fraction of sp³-hybridized carbons (Fsp3) is 0.364. The maximum atomic E-state index is 11.7. The zero-order valence-corrected chi connectivity index (χ0v) is 12.8. The van der Waals surface area contributed by atoms with Crippen LogP contribution < -0.4 is 9.70 Å². The van der Waals surface area contributed by atoms with Gasteiger partial charge in [0, 0.05) is 12.6 Å². The van der Waals surface area contributed by atoms with Crippen LogP contribution in [-0.2, 0) is 14.8 Å². The van der Waals surface area contributed by atoms with Crippen LogP contribution in [0.25, 0.3) is 0 Å². The van der Waals surface area contributed by atoms with Gasteiger partial charge in [0.05, 0.1) is 4.90 Å². The van der Waals surface area contributed by atoms with E-state index in [1.807, 2.05) is 19.6 Å². The molecule has 100 valence electrons. The van der Waals surface area contributed by atoms with Crippen LogP contribution in [0.5, 0.6) is 0 Å². The highest BCUT2D eigenvalue weighted by atomic mass is 32.2. The molecular weight excluding hydrogens is 268 g/mol. The van der Waals surface area contributed by atoms with Crippen LogP contribution in [0.15, 0.2) is 29.2 Å². The Morgan fingerprint density at radius 3 is 1.89 bits per heavy atom. The van der Waals surface area contributed by atoms with Gasteiger partial charge < -0.3 is 4.57 Å². The summed E-state index contributed by atoms with van der Waals surface area (Å²) in [6, 6.07) is 6.06. The number of nitrogens with zero attached hydrogens (tertiary/aromatic N) is 1. The quantitative estimate of drug-likeness (QED) is 0.855. The molecule has 0 unspecified atom stereocenters. The average molecular weight is 286 g/mol. The van der Waals surface area contributed by atoms with Crippen LogP contribution in [0.4, 0.5) is 5.69 Å². The van der Waals surface area contributed by atoms with E-state index < -0.39 is 18.3 Å². The summed E-state index contributed by atoms with van der Waals surface area (Å²) in [5, 5.41) is 5.03. The lowest BCUT2D eigenvalue weighted by molar-refractivity contribution is -0.115. The highest BCUT2D eigenvalue weighted by molar-refractivity contribution is 7.89. The molecule has 0 aliphatic heterocycles. The molecule has 1 aromatic rings. The zero-order valence-electron chi connectivity index (χ0n) is 11.0. The Labute approximate surface area is 109 Å². The van der Waals surface area contributed by atoms with E-state index in [0.29, 0.717) is 5.69 Å². The number of primary sulfonamides is 1. The molecule has 0 spiro atoms. The molecule has 0 atom stereocenters. The number of carbonyl (C=O) groups excluding carboxylic acids is 1. The minimum atomic E-state index is -3.69. The predicted octanol–water partition coefficient (Wildman–Crippen LogP) is 1.52. The van der Waals surface area contributed by atoms with E-state index in [1.165, 1.54) is 19.1 Å². The monoisotopic (exact) mass is 286 g/mol. The molecule has 0 saturated carbocycles. The summed E-state index contributed by atoms with van der Waals surface area (Å²) in [5.74, 6) is -0.0440. The van der Waals surface area contributed by atoms with E-state index in [-0.39, 0.29) is 10.8 Å². The Bertz CT molecular complexity index is 547. The van der Waals surface area contributed by atoms with Crippen molar-refractivity contribution in [3.63, 3.8) is 0 Å². The molecule has 1 aromatic carbocycles. The predicted molar refractivity (Wildman–Crippen MR) is 74.3 cm³/mol. The third-order valence-electron chi connectivity index (χ3n) is 2.41. The molecule has 0 aliphatic carbocycles. The Morgan fingerprint density at radius 1 is 1.17 bits per heavy atom. The van der Waals surface area contributed by atoms with Crippen LogP contribution in [0.3, 0.4) is 0 Å². The van der Waals surface area contributed by atoms with Crippen molar-refractivity contribution in [1.82, 2.24) is 0 Å². The number of sulfonamides is 1. The highest BCUT2D eigenvalue weighted by Gasteiger charge is 2.27. The Kier molecular flexibility index (Phi) is 3.99. The van der Waals surface area contributed by atoms with Gasteiger partial charge in [-0.25, -0.2) is 13.6 Å². The van der Waals surface area contributed by atoms with Crippen molar-refractivity contribution in [2.75, 3.05) is 4.57 Å². The highest BCUT2D eigenvalue weighted by Crippen LogP contribution is 2.23. The molecule has 1 amide bonds. The molecule has 0 fully saturated rings. The van der Waals surface area contributed by atoms with Gasteiger partial charge in [0.2, 0.25) is 15.9 Å². The van der Waals surface area contributed by atoms with Crippen molar-refractivity contribution in [1.29, 1.82) is 0 Å². The van der Waals surface area contributed by atoms with Gasteiger partial charge in [0.1, 0.15) is 0 Å². The SMILES string of the molecule is CC(=O)N(c1ccc(S(N)(=O)=O)cc1)[Si](C)(C)C. The molecule has 0 bridgehead atoms. The summed E-state index contributed by atoms with van der Waals surface area (Å²) in [6.07, 6.45) is 0. The van der Waals surface area contributed by atoms with E-state index in [0.717, 1.165) is 0 Å². The van der Waals surface area contributed by atoms with E-state index in [4.69, 9.17) is 5.14 Å². The topological polar surface area (TPSA) is 80.5 Å². The van der Waals surface area contributed by atoms with Crippen molar-refractivity contribution in [3.8, 4) is 0 Å². The lowest BCUT2D eigenvalue weighted by Gasteiger charge is -2.33. The normalized spacial score (nSPS) is 12.3. The Morgan fingerprint density at radius 2 is 1.61 bits per heavy atom. The lowest BCUT2D eigenvalue weighted by Crippen LogP contribution is -2.49. The van der Waals surface area contributed by atoms with Crippen molar-refractivity contribution >= 4 is 29.9 Å². The van der Waals surface area contributed by atoms with Crippen molar-refractivity contribution in [3.05, 3.63) is 24.3 Å². The molecule has 1 rings (SSSR count). The molecule has 5 nitrogen and oxygen atoms in total. The van der Waals surface area contributed by atoms with Crippen LogP contribution in [0.1, 0.15) is 6.92 Å². The summed E-state index contributed by atoms with van der Waals surface area (Å²) >= 11 is 0. The first kappa shape index (κ1) is 14.9. The van der Waals surface area contributed by atoms with Crippen molar-refractivity contribution < 1.29 is 13.2 Å². The van der Waals surface area contributed by atoms with E-state index in [2.05, 4.69) is 0 Å². The lowest BCUT2D eigenvalue weighted by atomic mass is 10.3. The summed E-state index contributed by atoms with van der Waals surface area (Å²) in [5.41, 5.74) is 0.703. The fourth-order valence-corrected chi connectivity index (χ4v) is 4.21. The second-order valence-corrected chi connectivity index (χ2v) is 11.4. The number of carbonyl (C=O) groups is 1. The van der Waals surface area contributed by atoms with Gasteiger partial charge in [-0.3, -0.25) is 4.79 Å². The number of amides is 1. The minimum absolute atomic E-state index is 0.0440.